The Bertz CT molecular complexity index is 506. The van der Waals surface area contributed by atoms with Crippen molar-refractivity contribution in [3.8, 4) is 0 Å². The number of halogens is 2. The summed E-state index contributed by atoms with van der Waals surface area (Å²) in [4.78, 5) is 1.55. The van der Waals surface area contributed by atoms with Crippen LogP contribution in [0.2, 0.25) is 10.0 Å². The van der Waals surface area contributed by atoms with Gasteiger partial charge in [0.1, 0.15) is 0 Å². The summed E-state index contributed by atoms with van der Waals surface area (Å²) in [6.07, 6.45) is 0.964. The minimum Gasteiger partial charge on any atom is -0.347 e. The van der Waals surface area contributed by atoms with Crippen LogP contribution in [-0.4, -0.2) is 20.2 Å². The highest BCUT2D eigenvalue weighted by molar-refractivity contribution is 6.36. The number of anilines is 1. The van der Waals surface area contributed by atoms with Gasteiger partial charge in [-0.3, -0.25) is 0 Å². The molecule has 1 heterocycles. The molecule has 0 saturated heterocycles. The smallest absolute Gasteiger partial charge is 0.263 e. The Morgan fingerprint density at radius 1 is 1.28 bits per heavy atom. The van der Waals surface area contributed by atoms with Crippen LogP contribution < -0.4 is 5.32 Å². The van der Waals surface area contributed by atoms with Crippen molar-refractivity contribution in [3.63, 3.8) is 0 Å². The molecule has 1 N–H and O–H groups in total. The first kappa shape index (κ1) is 13.1. The summed E-state index contributed by atoms with van der Waals surface area (Å²) in [5.74, 6) is 0.472. The van der Waals surface area contributed by atoms with Gasteiger partial charge in [-0.25, -0.2) is 0 Å². The molecule has 2 rings (SSSR count). The highest BCUT2D eigenvalue weighted by Gasteiger charge is 2.07. The Kier molecular flexibility index (Phi) is 4.38. The first-order valence-electron chi connectivity index (χ1n) is 5.65. The van der Waals surface area contributed by atoms with Crippen LogP contribution in [0, 0.1) is 0 Å². The molecule has 0 radical (unpaired) electrons. The molecule has 18 heavy (non-hydrogen) atoms. The van der Waals surface area contributed by atoms with Gasteiger partial charge in [0.2, 0.25) is 0 Å². The van der Waals surface area contributed by atoms with Crippen molar-refractivity contribution in [2.75, 3.05) is 5.32 Å². The molecule has 1 aromatic carbocycles. The van der Waals surface area contributed by atoms with E-state index in [1.807, 2.05) is 6.07 Å². The monoisotopic (exact) mass is 285 g/mol. The summed E-state index contributed by atoms with van der Waals surface area (Å²) in [7, 11) is 0. The van der Waals surface area contributed by atoms with Gasteiger partial charge in [-0.1, -0.05) is 41.3 Å². The minimum atomic E-state index is 0.469. The number of hydrogen-bond acceptors (Lipinski definition) is 4. The van der Waals surface area contributed by atoms with Crippen molar-refractivity contribution in [1.82, 2.24) is 20.2 Å². The molecule has 1 aromatic heterocycles. The summed E-state index contributed by atoms with van der Waals surface area (Å²) < 4.78 is 0. The summed E-state index contributed by atoms with van der Waals surface area (Å²) in [5.41, 5.74) is 0.827. The van der Waals surface area contributed by atoms with Gasteiger partial charge in [-0.05, 0) is 23.8 Å². The number of hydrogen-bond donors (Lipinski definition) is 1. The van der Waals surface area contributed by atoms with E-state index >= 15 is 0 Å². The molecule has 0 bridgehead atoms. The number of rotatable bonds is 5. The second-order valence-electron chi connectivity index (χ2n) is 3.76. The van der Waals surface area contributed by atoms with Crippen LogP contribution in [0.4, 0.5) is 5.95 Å². The van der Waals surface area contributed by atoms with Crippen molar-refractivity contribution in [1.29, 1.82) is 0 Å². The van der Waals surface area contributed by atoms with Gasteiger partial charge in [0, 0.05) is 22.2 Å². The summed E-state index contributed by atoms with van der Waals surface area (Å²) in [6.45, 7) is 3.28. The molecular formula is C11H13Cl2N5. The molecule has 0 aliphatic heterocycles. The standard InChI is InChI=1S/C11H13Cl2N5/c1-2-6-18-16-11(15-17-18)14-7-8-9(12)4-3-5-10(8)13/h3-5H,2,6-7H2,1H3,(H,14,16). The molecule has 0 aliphatic carbocycles. The highest BCUT2D eigenvalue weighted by Crippen LogP contribution is 2.24. The molecule has 0 aliphatic rings. The number of tetrazole rings is 1. The number of nitrogens with one attached hydrogen (secondary N) is 1. The molecule has 5 nitrogen and oxygen atoms in total. The van der Waals surface area contributed by atoms with E-state index in [0.717, 1.165) is 18.5 Å². The van der Waals surface area contributed by atoms with Crippen molar-refractivity contribution in [3.05, 3.63) is 33.8 Å². The van der Waals surface area contributed by atoms with Gasteiger partial charge < -0.3 is 5.32 Å². The average molecular weight is 286 g/mol. The lowest BCUT2D eigenvalue weighted by Crippen LogP contribution is -2.04. The molecule has 7 heteroatoms. The molecule has 0 atom stereocenters. The first-order valence-corrected chi connectivity index (χ1v) is 6.41. The fourth-order valence-corrected chi connectivity index (χ4v) is 2.01. The van der Waals surface area contributed by atoms with E-state index in [0.29, 0.717) is 22.5 Å². The fourth-order valence-electron chi connectivity index (χ4n) is 1.48. The lowest BCUT2D eigenvalue weighted by molar-refractivity contribution is 0.515. The number of aryl methyl sites for hydroxylation is 1. The predicted molar refractivity (Wildman–Crippen MR) is 71.9 cm³/mol. The number of aromatic nitrogens is 4. The molecule has 0 spiro atoms. The van der Waals surface area contributed by atoms with Crippen molar-refractivity contribution < 1.29 is 0 Å². The van der Waals surface area contributed by atoms with Crippen LogP contribution >= 0.6 is 23.2 Å². The topological polar surface area (TPSA) is 55.6 Å². The van der Waals surface area contributed by atoms with Crippen LogP contribution in [0.25, 0.3) is 0 Å². The fraction of sp³-hybridized carbons (Fsp3) is 0.364. The maximum Gasteiger partial charge on any atom is 0.263 e. The Morgan fingerprint density at radius 2 is 2.00 bits per heavy atom. The van der Waals surface area contributed by atoms with Crippen LogP contribution in [0.5, 0.6) is 0 Å². The van der Waals surface area contributed by atoms with Gasteiger partial charge in [0.25, 0.3) is 5.95 Å². The second kappa shape index (κ2) is 6.02. The largest absolute Gasteiger partial charge is 0.347 e. The molecule has 0 amide bonds. The van der Waals surface area contributed by atoms with Gasteiger partial charge in [0.15, 0.2) is 0 Å². The van der Waals surface area contributed by atoms with Crippen LogP contribution in [0.3, 0.4) is 0 Å². The molecular weight excluding hydrogens is 273 g/mol. The zero-order valence-electron chi connectivity index (χ0n) is 9.90. The van der Waals surface area contributed by atoms with E-state index in [9.17, 15) is 0 Å². The van der Waals surface area contributed by atoms with Crippen molar-refractivity contribution in [2.24, 2.45) is 0 Å². The molecule has 2 aromatic rings. The average Bonchev–Trinajstić information content (AvgIpc) is 2.77. The Hall–Kier alpha value is -1.33. The Labute approximate surface area is 115 Å². The van der Waals surface area contributed by atoms with Gasteiger partial charge in [-0.2, -0.15) is 4.80 Å². The number of benzene rings is 1. The lowest BCUT2D eigenvalue weighted by Gasteiger charge is -2.06. The van der Waals surface area contributed by atoms with Gasteiger partial charge >= 0.3 is 0 Å². The summed E-state index contributed by atoms with van der Waals surface area (Å²) in [6, 6.07) is 5.40. The summed E-state index contributed by atoms with van der Waals surface area (Å²) >= 11 is 12.1. The minimum absolute atomic E-state index is 0.469. The highest BCUT2D eigenvalue weighted by atomic mass is 35.5. The maximum absolute atomic E-state index is 6.06. The van der Waals surface area contributed by atoms with Crippen LogP contribution in [0.15, 0.2) is 18.2 Å². The SMILES string of the molecule is CCCn1nnc(NCc2c(Cl)cccc2Cl)n1. The third-order valence-electron chi connectivity index (χ3n) is 2.36. The third-order valence-corrected chi connectivity index (χ3v) is 3.07. The van der Waals surface area contributed by atoms with Crippen LogP contribution in [-0.2, 0) is 13.1 Å². The third kappa shape index (κ3) is 3.11. The molecule has 96 valence electrons. The molecule has 0 unspecified atom stereocenters. The first-order chi connectivity index (χ1) is 8.70. The van der Waals surface area contributed by atoms with E-state index in [2.05, 4.69) is 27.7 Å². The Balaban J connectivity index is 2.02. The normalized spacial score (nSPS) is 10.6. The quantitative estimate of drug-likeness (QED) is 0.918. The van der Waals surface area contributed by atoms with E-state index in [-0.39, 0.29) is 0 Å². The van der Waals surface area contributed by atoms with Crippen molar-refractivity contribution >= 4 is 29.2 Å². The summed E-state index contributed by atoms with van der Waals surface area (Å²) in [5, 5.41) is 16.3. The molecule has 0 saturated carbocycles. The van der Waals surface area contributed by atoms with E-state index < -0.39 is 0 Å². The maximum atomic E-state index is 6.06. The Morgan fingerprint density at radius 3 is 2.67 bits per heavy atom. The van der Waals surface area contributed by atoms with E-state index in [4.69, 9.17) is 23.2 Å². The zero-order valence-corrected chi connectivity index (χ0v) is 11.4. The van der Waals surface area contributed by atoms with Crippen molar-refractivity contribution in [2.45, 2.75) is 26.4 Å². The van der Waals surface area contributed by atoms with Gasteiger partial charge in [0.05, 0.1) is 6.54 Å². The second-order valence-corrected chi connectivity index (χ2v) is 4.58. The molecule has 0 fully saturated rings. The van der Waals surface area contributed by atoms with E-state index in [1.54, 1.807) is 16.9 Å². The predicted octanol–water partition coefficient (Wildman–Crippen LogP) is 3.00. The van der Waals surface area contributed by atoms with Crippen LogP contribution in [0.1, 0.15) is 18.9 Å². The zero-order chi connectivity index (χ0) is 13.0. The lowest BCUT2D eigenvalue weighted by atomic mass is 10.2. The number of nitrogens with zero attached hydrogens (tertiary/aromatic N) is 4. The van der Waals surface area contributed by atoms with E-state index in [1.165, 1.54) is 0 Å². The van der Waals surface area contributed by atoms with Gasteiger partial charge in [-0.15, -0.1) is 5.10 Å².